The van der Waals surface area contributed by atoms with Crippen molar-refractivity contribution in [1.29, 1.82) is 0 Å². The Morgan fingerprint density at radius 2 is 2.20 bits per heavy atom. The van der Waals surface area contributed by atoms with Gasteiger partial charge in [0.2, 0.25) is 0 Å². The highest BCUT2D eigenvalue weighted by Crippen LogP contribution is 2.45. The highest BCUT2D eigenvalue weighted by Gasteiger charge is 2.31. The molecule has 20 heavy (non-hydrogen) atoms. The second kappa shape index (κ2) is 6.33. The Balaban J connectivity index is 1.90. The lowest BCUT2D eigenvalue weighted by molar-refractivity contribution is 0.472. The van der Waals surface area contributed by atoms with Crippen LogP contribution in [0.5, 0.6) is 0 Å². The molecule has 1 aromatic carbocycles. The van der Waals surface area contributed by atoms with Crippen LogP contribution in [-0.4, -0.2) is 12.3 Å². The van der Waals surface area contributed by atoms with Crippen LogP contribution in [0.4, 0.5) is 0 Å². The summed E-state index contributed by atoms with van der Waals surface area (Å²) in [5.41, 5.74) is 2.98. The second-order valence-electron chi connectivity index (χ2n) is 5.38. The van der Waals surface area contributed by atoms with E-state index < -0.39 is 0 Å². The molecule has 0 aliphatic carbocycles. The summed E-state index contributed by atoms with van der Waals surface area (Å²) >= 11 is 3.86. The average Bonchev–Trinajstić information content (AvgIpc) is 3.07. The van der Waals surface area contributed by atoms with Crippen LogP contribution in [0.2, 0.25) is 0 Å². The van der Waals surface area contributed by atoms with E-state index in [0.717, 1.165) is 6.54 Å². The Kier molecular flexibility index (Phi) is 4.49. The van der Waals surface area contributed by atoms with E-state index in [-0.39, 0.29) is 0 Å². The van der Waals surface area contributed by atoms with Gasteiger partial charge in [-0.2, -0.15) is 0 Å². The highest BCUT2D eigenvalue weighted by molar-refractivity contribution is 7.99. The fraction of sp³-hybridized carbons (Fsp3) is 0.412. The van der Waals surface area contributed by atoms with Gasteiger partial charge in [0.15, 0.2) is 0 Å². The first-order valence-corrected chi connectivity index (χ1v) is 9.16. The van der Waals surface area contributed by atoms with Gasteiger partial charge >= 0.3 is 0 Å². The normalized spacial score (nSPS) is 19.0. The average molecular weight is 303 g/mol. The third-order valence-corrected chi connectivity index (χ3v) is 5.95. The van der Waals surface area contributed by atoms with Crippen molar-refractivity contribution < 1.29 is 0 Å². The number of aryl methyl sites for hydroxylation is 1. The number of hydrogen-bond donors (Lipinski definition) is 1. The Morgan fingerprint density at radius 1 is 1.35 bits per heavy atom. The zero-order valence-corrected chi connectivity index (χ0v) is 13.7. The summed E-state index contributed by atoms with van der Waals surface area (Å²) in [6, 6.07) is 11.7. The van der Waals surface area contributed by atoms with Gasteiger partial charge in [0.05, 0.1) is 0 Å². The van der Waals surface area contributed by atoms with E-state index in [1.165, 1.54) is 33.1 Å². The van der Waals surface area contributed by atoms with E-state index in [9.17, 15) is 0 Å². The molecule has 2 atom stereocenters. The van der Waals surface area contributed by atoms with Crippen molar-refractivity contribution in [2.75, 3.05) is 12.3 Å². The van der Waals surface area contributed by atoms with E-state index in [1.807, 2.05) is 23.1 Å². The number of benzene rings is 1. The molecule has 1 aliphatic heterocycles. The molecule has 1 N–H and O–H groups in total. The van der Waals surface area contributed by atoms with Crippen LogP contribution < -0.4 is 5.32 Å². The number of thioether (sulfide) groups is 1. The maximum Gasteiger partial charge on any atom is 0.0406 e. The predicted octanol–water partition coefficient (Wildman–Crippen LogP) is 4.99. The number of nitrogens with one attached hydrogen (secondary N) is 1. The second-order valence-corrected chi connectivity index (χ2v) is 7.55. The van der Waals surface area contributed by atoms with Crippen LogP contribution in [0.3, 0.4) is 0 Å². The lowest BCUT2D eigenvalue weighted by atomic mass is 9.89. The zero-order valence-electron chi connectivity index (χ0n) is 12.1. The molecule has 0 amide bonds. The van der Waals surface area contributed by atoms with Crippen LogP contribution >= 0.6 is 23.1 Å². The van der Waals surface area contributed by atoms with Crippen molar-refractivity contribution in [3.05, 3.63) is 51.7 Å². The van der Waals surface area contributed by atoms with Gasteiger partial charge in [0.1, 0.15) is 0 Å². The first kappa shape index (κ1) is 14.2. The summed E-state index contributed by atoms with van der Waals surface area (Å²) in [6.07, 6.45) is 1.18. The van der Waals surface area contributed by atoms with Crippen molar-refractivity contribution in [3.63, 3.8) is 0 Å². The van der Waals surface area contributed by atoms with Gasteiger partial charge in [0.25, 0.3) is 0 Å². The summed E-state index contributed by atoms with van der Waals surface area (Å²) in [5.74, 6) is 1.78. The minimum absolute atomic E-state index is 0.455. The first-order chi connectivity index (χ1) is 9.79. The Bertz CT molecular complexity index is 576. The first-order valence-electron chi connectivity index (χ1n) is 7.29. The molecule has 106 valence electrons. The minimum atomic E-state index is 0.455. The molecule has 0 bridgehead atoms. The number of rotatable bonds is 5. The SMILES string of the molecule is CCCNC(c1csc(C)c1)C1CSc2ccccc21. The lowest BCUT2D eigenvalue weighted by Gasteiger charge is -2.24. The topological polar surface area (TPSA) is 12.0 Å². The number of hydrogen-bond acceptors (Lipinski definition) is 3. The molecule has 0 fully saturated rings. The van der Waals surface area contributed by atoms with Gasteiger partial charge in [-0.1, -0.05) is 25.1 Å². The quantitative estimate of drug-likeness (QED) is 0.835. The molecule has 3 heteroatoms. The summed E-state index contributed by atoms with van der Waals surface area (Å²) in [7, 11) is 0. The summed E-state index contributed by atoms with van der Waals surface area (Å²) < 4.78 is 0. The van der Waals surface area contributed by atoms with Gasteiger partial charge in [-0.15, -0.1) is 23.1 Å². The molecule has 2 aromatic rings. The fourth-order valence-corrected chi connectivity index (χ4v) is 4.92. The molecule has 1 aromatic heterocycles. The number of thiophene rings is 1. The minimum Gasteiger partial charge on any atom is -0.309 e. The van der Waals surface area contributed by atoms with Crippen molar-refractivity contribution in [1.82, 2.24) is 5.32 Å². The van der Waals surface area contributed by atoms with Gasteiger partial charge in [-0.3, -0.25) is 0 Å². The lowest BCUT2D eigenvalue weighted by Crippen LogP contribution is -2.27. The van der Waals surface area contributed by atoms with E-state index in [1.54, 1.807) is 0 Å². The Hall–Kier alpha value is -0.770. The molecule has 0 saturated carbocycles. The van der Waals surface area contributed by atoms with E-state index in [2.05, 4.69) is 54.9 Å². The molecule has 0 saturated heterocycles. The van der Waals surface area contributed by atoms with E-state index >= 15 is 0 Å². The van der Waals surface area contributed by atoms with Crippen LogP contribution in [0.1, 0.15) is 41.3 Å². The molecule has 2 unspecified atom stereocenters. The summed E-state index contributed by atoms with van der Waals surface area (Å²) in [6.45, 7) is 5.52. The van der Waals surface area contributed by atoms with Crippen LogP contribution in [0.25, 0.3) is 0 Å². The van der Waals surface area contributed by atoms with Crippen molar-refractivity contribution in [2.24, 2.45) is 0 Å². The molecule has 2 heterocycles. The highest BCUT2D eigenvalue weighted by atomic mass is 32.2. The monoisotopic (exact) mass is 303 g/mol. The van der Waals surface area contributed by atoms with Gasteiger partial charge in [-0.25, -0.2) is 0 Å². The van der Waals surface area contributed by atoms with Crippen LogP contribution in [0, 0.1) is 6.92 Å². The van der Waals surface area contributed by atoms with Crippen molar-refractivity contribution in [2.45, 2.75) is 37.1 Å². The Morgan fingerprint density at radius 3 is 2.95 bits per heavy atom. The molecule has 0 spiro atoms. The third kappa shape index (κ3) is 2.80. The van der Waals surface area contributed by atoms with E-state index in [0.29, 0.717) is 12.0 Å². The van der Waals surface area contributed by atoms with Crippen LogP contribution in [-0.2, 0) is 0 Å². The van der Waals surface area contributed by atoms with Crippen molar-refractivity contribution in [3.8, 4) is 0 Å². The summed E-state index contributed by atoms with van der Waals surface area (Å²) in [4.78, 5) is 2.87. The third-order valence-electron chi connectivity index (χ3n) is 3.86. The zero-order chi connectivity index (χ0) is 13.9. The largest absolute Gasteiger partial charge is 0.309 e. The molecule has 0 radical (unpaired) electrons. The molecular weight excluding hydrogens is 282 g/mol. The smallest absolute Gasteiger partial charge is 0.0406 e. The maximum absolute atomic E-state index is 3.78. The van der Waals surface area contributed by atoms with Crippen molar-refractivity contribution >= 4 is 23.1 Å². The van der Waals surface area contributed by atoms with E-state index in [4.69, 9.17) is 0 Å². The van der Waals surface area contributed by atoms with Gasteiger partial charge < -0.3 is 5.32 Å². The maximum atomic E-state index is 3.78. The van der Waals surface area contributed by atoms with Gasteiger partial charge in [0, 0.05) is 27.5 Å². The molecular formula is C17H21NS2. The van der Waals surface area contributed by atoms with Crippen LogP contribution in [0.15, 0.2) is 40.6 Å². The summed E-state index contributed by atoms with van der Waals surface area (Å²) in [5, 5.41) is 6.10. The Labute approximate surface area is 129 Å². The molecule has 1 aliphatic rings. The fourth-order valence-electron chi connectivity index (χ4n) is 2.88. The number of fused-ring (bicyclic) bond motifs is 1. The molecule has 1 nitrogen and oxygen atoms in total. The predicted molar refractivity (Wildman–Crippen MR) is 90.0 cm³/mol. The van der Waals surface area contributed by atoms with Gasteiger partial charge in [-0.05, 0) is 48.5 Å². The molecule has 3 rings (SSSR count). The standard InChI is InChI=1S/C17H21NS2/c1-3-8-18-17(13-9-12(2)19-10-13)15-11-20-16-7-5-4-6-14(15)16/h4-7,9-10,15,17-18H,3,8,11H2,1-2H3.